The predicted molar refractivity (Wildman–Crippen MR) is 69.0 cm³/mol. The van der Waals surface area contributed by atoms with Crippen molar-refractivity contribution in [1.82, 2.24) is 5.32 Å². The quantitative estimate of drug-likeness (QED) is 0.791. The van der Waals surface area contributed by atoms with Crippen LogP contribution in [0, 0.1) is 18.2 Å². The molecule has 0 aliphatic carbocycles. The van der Waals surface area contributed by atoms with E-state index < -0.39 is 23.9 Å². The van der Waals surface area contributed by atoms with Gasteiger partial charge in [-0.2, -0.15) is 0 Å². The van der Waals surface area contributed by atoms with Crippen LogP contribution in [0.2, 0.25) is 0 Å². The monoisotopic (exact) mass is 265 g/mol. The van der Waals surface area contributed by atoms with Crippen LogP contribution >= 0.6 is 0 Å². The number of aliphatic hydroxyl groups excluding tert-OH is 1. The number of aliphatic hydroxyl groups is 1. The van der Waals surface area contributed by atoms with Crippen molar-refractivity contribution in [1.29, 1.82) is 0 Å². The molecule has 1 amide bonds. The van der Waals surface area contributed by atoms with Gasteiger partial charge in [0, 0.05) is 11.6 Å². The van der Waals surface area contributed by atoms with Crippen LogP contribution in [-0.4, -0.2) is 23.7 Å². The number of carbonyl (C=O) groups is 1. The van der Waals surface area contributed by atoms with Crippen LogP contribution in [0.15, 0.2) is 18.2 Å². The minimum atomic E-state index is -0.840. The fourth-order valence-electron chi connectivity index (χ4n) is 1.48. The maximum Gasteiger partial charge on any atom is 0.261 e. The molecule has 0 radical (unpaired) electrons. The SMILES string of the molecule is C#CCNC(=O)C(C)Oc1cc(F)ccc1C(C)O. The average Bonchev–Trinajstić information content (AvgIpc) is 2.35. The second-order valence-electron chi connectivity index (χ2n) is 4.04. The Balaban J connectivity index is 2.84. The topological polar surface area (TPSA) is 58.6 Å². The van der Waals surface area contributed by atoms with Crippen molar-refractivity contribution >= 4 is 5.91 Å². The van der Waals surface area contributed by atoms with Crippen LogP contribution in [0.3, 0.4) is 0 Å². The number of amides is 1. The standard InChI is InChI=1S/C14H16FNO3/c1-4-7-16-14(18)10(3)19-13-8-11(15)5-6-12(13)9(2)17/h1,5-6,8-10,17H,7H2,2-3H3,(H,16,18). The van der Waals surface area contributed by atoms with Gasteiger partial charge >= 0.3 is 0 Å². The third kappa shape index (κ3) is 4.27. The van der Waals surface area contributed by atoms with Crippen LogP contribution in [0.5, 0.6) is 5.75 Å². The number of nitrogens with one attached hydrogen (secondary N) is 1. The zero-order chi connectivity index (χ0) is 14.4. The Kier molecular flexibility index (Phi) is 5.34. The highest BCUT2D eigenvalue weighted by molar-refractivity contribution is 5.80. The van der Waals surface area contributed by atoms with Gasteiger partial charge in [-0.1, -0.05) is 5.92 Å². The van der Waals surface area contributed by atoms with Crippen molar-refractivity contribution in [3.63, 3.8) is 0 Å². The fraction of sp³-hybridized carbons (Fsp3) is 0.357. The van der Waals surface area contributed by atoms with Gasteiger partial charge in [-0.05, 0) is 26.0 Å². The normalized spacial score (nSPS) is 13.2. The Bertz CT molecular complexity index is 494. The van der Waals surface area contributed by atoms with Gasteiger partial charge in [0.25, 0.3) is 5.91 Å². The van der Waals surface area contributed by atoms with Gasteiger partial charge in [-0.25, -0.2) is 4.39 Å². The Morgan fingerprint density at radius 2 is 2.26 bits per heavy atom. The Morgan fingerprint density at radius 1 is 1.58 bits per heavy atom. The van der Waals surface area contributed by atoms with Crippen molar-refractivity contribution in [2.24, 2.45) is 0 Å². The van der Waals surface area contributed by atoms with Crippen LogP contribution in [0.1, 0.15) is 25.5 Å². The van der Waals surface area contributed by atoms with E-state index in [1.807, 2.05) is 0 Å². The van der Waals surface area contributed by atoms with Gasteiger partial charge in [-0.15, -0.1) is 6.42 Å². The molecule has 0 bridgehead atoms. The summed E-state index contributed by atoms with van der Waals surface area (Å²) >= 11 is 0. The summed E-state index contributed by atoms with van der Waals surface area (Å²) in [6, 6.07) is 3.77. The van der Waals surface area contributed by atoms with Crippen LogP contribution < -0.4 is 10.1 Å². The van der Waals surface area contributed by atoms with E-state index in [-0.39, 0.29) is 12.3 Å². The molecule has 4 nitrogen and oxygen atoms in total. The number of terminal acetylenes is 1. The van der Waals surface area contributed by atoms with E-state index >= 15 is 0 Å². The molecule has 5 heteroatoms. The number of benzene rings is 1. The summed E-state index contributed by atoms with van der Waals surface area (Å²) in [7, 11) is 0. The van der Waals surface area contributed by atoms with E-state index in [0.717, 1.165) is 6.07 Å². The minimum Gasteiger partial charge on any atom is -0.480 e. The second kappa shape index (κ2) is 6.76. The zero-order valence-corrected chi connectivity index (χ0v) is 10.8. The lowest BCUT2D eigenvalue weighted by atomic mass is 10.1. The first kappa shape index (κ1) is 15.0. The molecule has 0 aliphatic rings. The molecular weight excluding hydrogens is 249 g/mol. The molecule has 0 saturated carbocycles. The first-order valence-electron chi connectivity index (χ1n) is 5.81. The van der Waals surface area contributed by atoms with E-state index in [1.54, 1.807) is 0 Å². The first-order valence-corrected chi connectivity index (χ1v) is 5.81. The van der Waals surface area contributed by atoms with E-state index in [1.165, 1.54) is 26.0 Å². The van der Waals surface area contributed by atoms with Gasteiger partial charge in [0.05, 0.1) is 12.6 Å². The van der Waals surface area contributed by atoms with Gasteiger partial charge in [0.2, 0.25) is 0 Å². The van der Waals surface area contributed by atoms with Crippen molar-refractivity contribution < 1.29 is 19.0 Å². The molecule has 0 fully saturated rings. The summed E-state index contributed by atoms with van der Waals surface area (Å²) in [6.45, 7) is 3.14. The van der Waals surface area contributed by atoms with Gasteiger partial charge in [0.1, 0.15) is 11.6 Å². The molecule has 2 atom stereocenters. The van der Waals surface area contributed by atoms with Gasteiger partial charge in [-0.3, -0.25) is 4.79 Å². The van der Waals surface area contributed by atoms with Crippen molar-refractivity contribution in [3.05, 3.63) is 29.6 Å². The number of hydrogen-bond donors (Lipinski definition) is 2. The lowest BCUT2D eigenvalue weighted by Gasteiger charge is -2.18. The molecule has 0 aromatic heterocycles. The largest absolute Gasteiger partial charge is 0.480 e. The van der Waals surface area contributed by atoms with E-state index in [9.17, 15) is 14.3 Å². The number of ether oxygens (including phenoxy) is 1. The fourth-order valence-corrected chi connectivity index (χ4v) is 1.48. The number of rotatable bonds is 5. The molecule has 0 spiro atoms. The maximum absolute atomic E-state index is 13.2. The summed E-state index contributed by atoms with van der Waals surface area (Å²) in [5, 5.41) is 12.0. The maximum atomic E-state index is 13.2. The van der Waals surface area contributed by atoms with E-state index in [2.05, 4.69) is 11.2 Å². The highest BCUT2D eigenvalue weighted by atomic mass is 19.1. The van der Waals surface area contributed by atoms with Crippen LogP contribution in [0.4, 0.5) is 4.39 Å². The Hall–Kier alpha value is -2.06. The highest BCUT2D eigenvalue weighted by Crippen LogP contribution is 2.26. The smallest absolute Gasteiger partial charge is 0.261 e. The third-order valence-electron chi connectivity index (χ3n) is 2.46. The van der Waals surface area contributed by atoms with Crippen LogP contribution in [-0.2, 0) is 4.79 Å². The minimum absolute atomic E-state index is 0.0962. The predicted octanol–water partition coefficient (Wildman–Crippen LogP) is 1.40. The lowest BCUT2D eigenvalue weighted by molar-refractivity contribution is -0.127. The first-order chi connectivity index (χ1) is 8.95. The summed E-state index contributed by atoms with van der Waals surface area (Å²) in [6.07, 6.45) is 3.36. The molecule has 1 aromatic carbocycles. The van der Waals surface area contributed by atoms with Gasteiger partial charge < -0.3 is 15.2 Å². The lowest BCUT2D eigenvalue weighted by Crippen LogP contribution is -2.36. The molecular formula is C14H16FNO3. The molecule has 1 aromatic rings. The van der Waals surface area contributed by atoms with E-state index in [0.29, 0.717) is 5.56 Å². The average molecular weight is 265 g/mol. The Labute approximate surface area is 111 Å². The van der Waals surface area contributed by atoms with Crippen molar-refractivity contribution in [2.75, 3.05) is 6.54 Å². The summed E-state index contributed by atoms with van der Waals surface area (Å²) < 4.78 is 18.5. The van der Waals surface area contributed by atoms with Crippen LogP contribution in [0.25, 0.3) is 0 Å². The molecule has 19 heavy (non-hydrogen) atoms. The summed E-state index contributed by atoms with van der Waals surface area (Å²) in [5.41, 5.74) is 0.415. The number of halogens is 1. The van der Waals surface area contributed by atoms with Gasteiger partial charge in [0.15, 0.2) is 6.10 Å². The number of hydrogen-bond acceptors (Lipinski definition) is 3. The number of carbonyl (C=O) groups excluding carboxylic acids is 1. The third-order valence-corrected chi connectivity index (χ3v) is 2.46. The molecule has 0 heterocycles. The second-order valence-corrected chi connectivity index (χ2v) is 4.04. The highest BCUT2D eigenvalue weighted by Gasteiger charge is 2.17. The summed E-state index contributed by atoms with van der Waals surface area (Å²) in [5.74, 6) is 1.50. The van der Waals surface area contributed by atoms with Crippen molar-refractivity contribution in [2.45, 2.75) is 26.1 Å². The van der Waals surface area contributed by atoms with E-state index in [4.69, 9.17) is 11.2 Å². The zero-order valence-electron chi connectivity index (χ0n) is 10.8. The molecule has 2 N–H and O–H groups in total. The Morgan fingerprint density at radius 3 is 2.84 bits per heavy atom. The summed E-state index contributed by atoms with van der Waals surface area (Å²) in [4.78, 5) is 11.6. The molecule has 1 rings (SSSR count). The molecule has 0 saturated heterocycles. The molecule has 0 aliphatic heterocycles. The van der Waals surface area contributed by atoms with Crippen molar-refractivity contribution in [3.8, 4) is 18.1 Å². The molecule has 102 valence electrons. The molecule has 2 unspecified atom stereocenters.